The van der Waals surface area contributed by atoms with Gasteiger partial charge in [-0.05, 0) is 45.2 Å². The molecule has 144 valence electrons. The number of rotatable bonds is 5. The Morgan fingerprint density at radius 2 is 2.15 bits per heavy atom. The highest BCUT2D eigenvalue weighted by Crippen LogP contribution is 2.40. The lowest BCUT2D eigenvalue weighted by atomic mass is 9.77. The van der Waals surface area contributed by atoms with E-state index in [1.54, 1.807) is 11.3 Å². The molecule has 0 aliphatic carbocycles. The van der Waals surface area contributed by atoms with Crippen LogP contribution < -0.4 is 4.74 Å². The lowest BCUT2D eigenvalue weighted by molar-refractivity contribution is -0.0643. The Morgan fingerprint density at radius 1 is 1.30 bits per heavy atom. The third-order valence-corrected chi connectivity index (χ3v) is 6.69. The van der Waals surface area contributed by atoms with E-state index in [-0.39, 0.29) is 11.4 Å². The summed E-state index contributed by atoms with van der Waals surface area (Å²) >= 11 is 1.77. The summed E-state index contributed by atoms with van der Waals surface area (Å²) in [5.74, 6) is 0.786. The van der Waals surface area contributed by atoms with Gasteiger partial charge in [-0.3, -0.25) is 9.69 Å². The third-order valence-electron chi connectivity index (χ3n) is 5.79. The number of piperidine rings is 1. The molecule has 1 amide bonds. The molecule has 2 fully saturated rings. The van der Waals surface area contributed by atoms with Crippen molar-refractivity contribution in [3.63, 3.8) is 0 Å². The molecule has 3 heterocycles. The molecule has 1 atom stereocenters. The number of amides is 1. The van der Waals surface area contributed by atoms with Gasteiger partial charge in [-0.15, -0.1) is 11.3 Å². The maximum absolute atomic E-state index is 13.2. The van der Waals surface area contributed by atoms with Crippen LogP contribution in [-0.2, 0) is 6.54 Å². The minimum Gasteiger partial charge on any atom is -0.493 e. The van der Waals surface area contributed by atoms with Gasteiger partial charge in [-0.2, -0.15) is 0 Å². The number of nitrogens with zero attached hydrogens (tertiary/aromatic N) is 3. The SMILES string of the molecule is CCOc1ccccc1C(=O)N1CCC[C@]2(CCN2Cc2cnc(C)s2)C1. The smallest absolute Gasteiger partial charge is 0.257 e. The average Bonchev–Trinajstić information content (AvgIpc) is 3.11. The largest absolute Gasteiger partial charge is 0.493 e. The van der Waals surface area contributed by atoms with E-state index in [0.717, 1.165) is 37.6 Å². The Labute approximate surface area is 165 Å². The van der Waals surface area contributed by atoms with Gasteiger partial charge in [0.15, 0.2) is 0 Å². The predicted molar refractivity (Wildman–Crippen MR) is 107 cm³/mol. The summed E-state index contributed by atoms with van der Waals surface area (Å²) < 4.78 is 5.68. The molecule has 4 rings (SSSR count). The molecule has 0 bridgehead atoms. The van der Waals surface area contributed by atoms with E-state index in [4.69, 9.17) is 4.74 Å². The van der Waals surface area contributed by atoms with Gasteiger partial charge in [0.25, 0.3) is 5.91 Å². The Bertz CT molecular complexity index is 821. The van der Waals surface area contributed by atoms with Crippen LogP contribution in [0.4, 0.5) is 0 Å². The van der Waals surface area contributed by atoms with Crippen molar-refractivity contribution >= 4 is 17.2 Å². The number of likely N-dealkylation sites (tertiary alicyclic amines) is 2. The number of para-hydroxylation sites is 1. The number of thiazole rings is 1. The lowest BCUT2D eigenvalue weighted by Gasteiger charge is -2.57. The molecule has 0 radical (unpaired) electrons. The molecule has 2 aliphatic heterocycles. The van der Waals surface area contributed by atoms with E-state index in [1.807, 2.05) is 42.3 Å². The van der Waals surface area contributed by atoms with Gasteiger partial charge < -0.3 is 9.64 Å². The highest BCUT2D eigenvalue weighted by Gasteiger charge is 2.48. The summed E-state index contributed by atoms with van der Waals surface area (Å²) in [6.45, 7) is 8.26. The molecule has 1 aromatic carbocycles. The predicted octanol–water partition coefficient (Wildman–Crippen LogP) is 3.73. The highest BCUT2D eigenvalue weighted by molar-refractivity contribution is 7.11. The molecule has 27 heavy (non-hydrogen) atoms. The van der Waals surface area contributed by atoms with E-state index in [0.29, 0.717) is 17.9 Å². The van der Waals surface area contributed by atoms with Crippen molar-refractivity contribution < 1.29 is 9.53 Å². The van der Waals surface area contributed by atoms with E-state index in [9.17, 15) is 4.79 Å². The molecule has 2 aromatic rings. The molecular weight excluding hydrogens is 358 g/mol. The number of ether oxygens (including phenoxy) is 1. The summed E-state index contributed by atoms with van der Waals surface area (Å²) in [5, 5.41) is 1.12. The maximum atomic E-state index is 13.2. The lowest BCUT2D eigenvalue weighted by Crippen LogP contribution is -2.66. The fourth-order valence-corrected chi connectivity index (χ4v) is 5.15. The third kappa shape index (κ3) is 3.60. The van der Waals surface area contributed by atoms with Gasteiger partial charge in [-0.1, -0.05) is 12.1 Å². The van der Waals surface area contributed by atoms with E-state index in [1.165, 1.54) is 17.7 Å². The number of benzene rings is 1. The number of hydrogen-bond acceptors (Lipinski definition) is 5. The van der Waals surface area contributed by atoms with Crippen LogP contribution in [-0.4, -0.2) is 52.5 Å². The van der Waals surface area contributed by atoms with Crippen molar-refractivity contribution in [3.05, 3.63) is 45.9 Å². The number of carbonyl (C=O) groups is 1. The van der Waals surface area contributed by atoms with E-state index in [2.05, 4.69) is 16.8 Å². The number of hydrogen-bond donors (Lipinski definition) is 0. The van der Waals surface area contributed by atoms with Crippen LogP contribution in [0.3, 0.4) is 0 Å². The van der Waals surface area contributed by atoms with Crippen LogP contribution in [0.15, 0.2) is 30.5 Å². The first-order chi connectivity index (χ1) is 13.1. The summed E-state index contributed by atoms with van der Waals surface area (Å²) in [4.78, 5) is 23.5. The molecule has 5 nitrogen and oxygen atoms in total. The van der Waals surface area contributed by atoms with Crippen LogP contribution in [0, 0.1) is 6.92 Å². The molecule has 0 unspecified atom stereocenters. The fourth-order valence-electron chi connectivity index (χ4n) is 4.34. The van der Waals surface area contributed by atoms with Gasteiger partial charge >= 0.3 is 0 Å². The zero-order valence-electron chi connectivity index (χ0n) is 16.1. The Balaban J connectivity index is 1.49. The molecule has 6 heteroatoms. The topological polar surface area (TPSA) is 45.7 Å². The van der Waals surface area contributed by atoms with Gasteiger partial charge in [0.2, 0.25) is 0 Å². The minimum atomic E-state index is 0.0959. The number of carbonyl (C=O) groups excluding carboxylic acids is 1. The first-order valence-electron chi connectivity index (χ1n) is 9.79. The second kappa shape index (κ2) is 7.60. The Morgan fingerprint density at radius 3 is 2.85 bits per heavy atom. The first-order valence-corrected chi connectivity index (χ1v) is 10.6. The minimum absolute atomic E-state index is 0.0959. The van der Waals surface area contributed by atoms with Crippen LogP contribution in [0.25, 0.3) is 0 Å². The molecular formula is C21H27N3O2S. The van der Waals surface area contributed by atoms with Gasteiger partial charge in [0.1, 0.15) is 5.75 Å². The average molecular weight is 386 g/mol. The van der Waals surface area contributed by atoms with Crippen molar-refractivity contribution in [2.45, 2.75) is 45.2 Å². The first kappa shape index (κ1) is 18.4. The van der Waals surface area contributed by atoms with Crippen molar-refractivity contribution in [2.24, 2.45) is 0 Å². The molecule has 0 saturated carbocycles. The quantitative estimate of drug-likeness (QED) is 0.787. The highest BCUT2D eigenvalue weighted by atomic mass is 32.1. The summed E-state index contributed by atoms with van der Waals surface area (Å²) in [6, 6.07) is 7.60. The van der Waals surface area contributed by atoms with Crippen LogP contribution in [0.2, 0.25) is 0 Å². The van der Waals surface area contributed by atoms with E-state index >= 15 is 0 Å². The monoisotopic (exact) mass is 385 g/mol. The van der Waals surface area contributed by atoms with Crippen LogP contribution in [0.1, 0.15) is 46.4 Å². The molecule has 0 N–H and O–H groups in total. The zero-order chi connectivity index (χ0) is 18.9. The normalized spacial score (nSPS) is 22.7. The van der Waals surface area contributed by atoms with Crippen LogP contribution in [0.5, 0.6) is 5.75 Å². The second-order valence-electron chi connectivity index (χ2n) is 7.50. The summed E-state index contributed by atoms with van der Waals surface area (Å²) in [6.07, 6.45) is 5.39. The van der Waals surface area contributed by atoms with Crippen molar-refractivity contribution in [1.82, 2.24) is 14.8 Å². The fraction of sp³-hybridized carbons (Fsp3) is 0.524. The molecule has 1 aromatic heterocycles. The zero-order valence-corrected chi connectivity index (χ0v) is 16.9. The van der Waals surface area contributed by atoms with Gasteiger partial charge in [-0.25, -0.2) is 4.98 Å². The van der Waals surface area contributed by atoms with Crippen molar-refractivity contribution in [3.8, 4) is 5.75 Å². The van der Waals surface area contributed by atoms with Crippen LogP contribution >= 0.6 is 11.3 Å². The second-order valence-corrected chi connectivity index (χ2v) is 8.82. The van der Waals surface area contributed by atoms with Gasteiger partial charge in [0, 0.05) is 42.8 Å². The Kier molecular flexibility index (Phi) is 5.19. The molecule has 2 aliphatic rings. The van der Waals surface area contributed by atoms with E-state index < -0.39 is 0 Å². The molecule has 1 spiro atoms. The maximum Gasteiger partial charge on any atom is 0.257 e. The standard InChI is InChI=1S/C21H27N3O2S/c1-3-26-19-8-5-4-7-18(19)20(25)23-11-6-9-21(15-23)10-12-24(21)14-17-13-22-16(2)27-17/h4-5,7-8,13H,3,6,9-12,14-15H2,1-2H3/t21-/m0/s1. The van der Waals surface area contributed by atoms with Gasteiger partial charge in [0.05, 0.1) is 17.2 Å². The van der Waals surface area contributed by atoms with Crippen molar-refractivity contribution in [1.29, 1.82) is 0 Å². The summed E-state index contributed by atoms with van der Waals surface area (Å²) in [5.41, 5.74) is 0.812. The number of aromatic nitrogens is 1. The summed E-state index contributed by atoms with van der Waals surface area (Å²) in [7, 11) is 0. The Hall–Kier alpha value is -1.92. The van der Waals surface area contributed by atoms with Crippen molar-refractivity contribution in [2.75, 3.05) is 26.2 Å². The number of aryl methyl sites for hydroxylation is 1. The molecule has 2 saturated heterocycles.